The second-order valence-electron chi connectivity index (χ2n) is 14.3. The summed E-state index contributed by atoms with van der Waals surface area (Å²) in [7, 11) is 0. The smallest absolute Gasteiger partial charge is 0.416 e. The van der Waals surface area contributed by atoms with Crippen LogP contribution in [0.15, 0.2) is 45.6 Å². The van der Waals surface area contributed by atoms with Gasteiger partial charge in [-0.2, -0.15) is 27.7 Å². The summed E-state index contributed by atoms with van der Waals surface area (Å²) in [4.78, 5) is 42.1. The Labute approximate surface area is 318 Å². The van der Waals surface area contributed by atoms with Crippen molar-refractivity contribution in [1.82, 2.24) is 29.0 Å². The number of rotatable bonds is 8. The molecule has 7 rings (SSSR count). The van der Waals surface area contributed by atoms with Gasteiger partial charge in [-0.1, -0.05) is 18.5 Å². The number of fused-ring (bicyclic) bond motifs is 2. The molecule has 2 saturated heterocycles. The number of halogens is 4. The summed E-state index contributed by atoms with van der Waals surface area (Å²) in [5.74, 6) is 0.332. The highest BCUT2D eigenvalue weighted by Gasteiger charge is 2.32. The third-order valence-electron chi connectivity index (χ3n) is 9.30. The Kier molecular flexibility index (Phi) is 10.3. The van der Waals surface area contributed by atoms with Crippen molar-refractivity contribution in [2.24, 2.45) is 0 Å². The molecule has 55 heavy (non-hydrogen) atoms. The van der Waals surface area contributed by atoms with E-state index in [4.69, 9.17) is 30.5 Å². The molecule has 0 aliphatic carbocycles. The fourth-order valence-corrected chi connectivity index (χ4v) is 6.90. The SMILES string of the molecule is CCc1c(N2CCN(C(=O)OC(C)(C)C)CC2)c(=O)n2nc(-c3ccc4nc(N5CCOCC5)oc4c3)nc2n1CC(O)Nc1ccc(C(F)(F)F)cc1Cl. The first kappa shape index (κ1) is 38.2. The van der Waals surface area contributed by atoms with Gasteiger partial charge in [0.1, 0.15) is 23.0 Å². The van der Waals surface area contributed by atoms with Crippen LogP contribution >= 0.6 is 11.6 Å². The molecule has 5 heterocycles. The zero-order chi connectivity index (χ0) is 39.2. The Morgan fingerprint density at radius 2 is 1.75 bits per heavy atom. The standard InChI is InChI=1S/C36H41ClF3N9O6/c1-5-26-29(45-10-12-47(13-11-45)34(52)55-35(2,3)4)31(51)49-32(48(26)20-28(50)41-24-9-7-22(19-23(24)37)36(38,39)40)43-30(44-49)21-6-8-25-27(18-21)54-33(42-25)46-14-16-53-17-15-46/h6-9,18-19,28,41,50H,5,10-17,20H2,1-4H3. The molecule has 0 saturated carbocycles. The lowest BCUT2D eigenvalue weighted by molar-refractivity contribution is -0.137. The molecule has 0 bridgehead atoms. The maximum absolute atomic E-state index is 14.4. The second kappa shape index (κ2) is 14.9. The van der Waals surface area contributed by atoms with Crippen molar-refractivity contribution in [1.29, 1.82) is 0 Å². The van der Waals surface area contributed by atoms with E-state index in [1.54, 1.807) is 48.4 Å². The van der Waals surface area contributed by atoms with E-state index in [1.165, 1.54) is 4.52 Å². The number of hydrogen-bond acceptors (Lipinski definition) is 12. The first-order chi connectivity index (χ1) is 26.1. The fraction of sp³-hybridized carbons (Fsp3) is 0.472. The highest BCUT2D eigenvalue weighted by molar-refractivity contribution is 6.33. The van der Waals surface area contributed by atoms with Crippen LogP contribution in [0.5, 0.6) is 0 Å². The molecule has 2 fully saturated rings. The van der Waals surface area contributed by atoms with Crippen molar-refractivity contribution in [3.05, 3.63) is 63.0 Å². The minimum Gasteiger partial charge on any atom is -0.444 e. The summed E-state index contributed by atoms with van der Waals surface area (Å²) in [6, 6.07) is 8.56. The monoisotopic (exact) mass is 787 g/mol. The van der Waals surface area contributed by atoms with Crippen LogP contribution in [0, 0.1) is 0 Å². The number of hydrogen-bond donors (Lipinski definition) is 2. The minimum atomic E-state index is -4.60. The number of morpholine rings is 1. The van der Waals surface area contributed by atoms with E-state index < -0.39 is 35.2 Å². The number of piperazine rings is 1. The lowest BCUT2D eigenvalue weighted by Crippen LogP contribution is -2.51. The van der Waals surface area contributed by atoms with Gasteiger partial charge in [0.15, 0.2) is 11.4 Å². The van der Waals surface area contributed by atoms with Crippen LogP contribution in [-0.4, -0.2) is 105 Å². The molecule has 0 spiro atoms. The van der Waals surface area contributed by atoms with Gasteiger partial charge in [-0.05, 0) is 63.6 Å². The molecule has 2 N–H and O–H groups in total. The van der Waals surface area contributed by atoms with E-state index >= 15 is 0 Å². The molecule has 2 aliphatic rings. The number of aromatic nitrogens is 5. The molecule has 0 radical (unpaired) electrons. The van der Waals surface area contributed by atoms with Gasteiger partial charge in [0.25, 0.3) is 11.6 Å². The van der Waals surface area contributed by atoms with Crippen molar-refractivity contribution in [3.63, 3.8) is 0 Å². The summed E-state index contributed by atoms with van der Waals surface area (Å²) in [5, 5.41) is 18.5. The number of alkyl halides is 3. The van der Waals surface area contributed by atoms with E-state index in [-0.39, 0.29) is 28.9 Å². The molecule has 1 atom stereocenters. The van der Waals surface area contributed by atoms with E-state index in [1.807, 2.05) is 16.7 Å². The first-order valence-electron chi connectivity index (χ1n) is 17.9. The first-order valence-corrected chi connectivity index (χ1v) is 18.3. The Morgan fingerprint density at radius 1 is 1.02 bits per heavy atom. The van der Waals surface area contributed by atoms with Crippen LogP contribution in [0.4, 0.5) is 35.4 Å². The van der Waals surface area contributed by atoms with Crippen LogP contribution in [0.2, 0.25) is 5.02 Å². The molecule has 5 aromatic rings. The minimum absolute atomic E-state index is 0.0785. The molecule has 2 aromatic carbocycles. The average Bonchev–Trinajstić information content (AvgIpc) is 3.78. The topological polar surface area (TPSA) is 156 Å². The van der Waals surface area contributed by atoms with Gasteiger partial charge in [-0.3, -0.25) is 4.79 Å². The molecule has 294 valence electrons. The Balaban J connectivity index is 1.26. The fourth-order valence-electron chi connectivity index (χ4n) is 6.66. The molecule has 19 heteroatoms. The van der Waals surface area contributed by atoms with Crippen LogP contribution < -0.4 is 20.7 Å². The number of nitrogens with zero attached hydrogens (tertiary/aromatic N) is 8. The summed E-state index contributed by atoms with van der Waals surface area (Å²) >= 11 is 6.20. The Hall–Kier alpha value is -5.07. The number of anilines is 3. The Bertz CT molecular complexity index is 2270. The lowest BCUT2D eigenvalue weighted by atomic mass is 10.2. The number of aliphatic hydroxyl groups is 1. The summed E-state index contributed by atoms with van der Waals surface area (Å²) in [5.41, 5.74) is 0.554. The molecular weight excluding hydrogens is 747 g/mol. The number of aliphatic hydroxyl groups excluding tert-OH is 1. The van der Waals surface area contributed by atoms with Crippen LogP contribution in [0.25, 0.3) is 28.3 Å². The van der Waals surface area contributed by atoms with Gasteiger partial charge in [0.2, 0.25) is 5.78 Å². The number of nitrogens with one attached hydrogen (secondary N) is 1. The van der Waals surface area contributed by atoms with Crippen LogP contribution in [0.3, 0.4) is 0 Å². The molecular formula is C36H41ClF3N9O6. The van der Waals surface area contributed by atoms with E-state index in [2.05, 4.69) is 15.4 Å². The van der Waals surface area contributed by atoms with Gasteiger partial charge < -0.3 is 43.6 Å². The van der Waals surface area contributed by atoms with Crippen molar-refractivity contribution in [3.8, 4) is 11.4 Å². The number of benzene rings is 2. The highest BCUT2D eigenvalue weighted by Crippen LogP contribution is 2.34. The third-order valence-corrected chi connectivity index (χ3v) is 9.61. The van der Waals surface area contributed by atoms with Crippen LogP contribution in [0.1, 0.15) is 39.0 Å². The summed E-state index contributed by atoms with van der Waals surface area (Å²) in [6.07, 6.45) is -6.11. The normalized spacial score (nSPS) is 16.3. The molecule has 15 nitrogen and oxygen atoms in total. The van der Waals surface area contributed by atoms with Gasteiger partial charge in [0.05, 0.1) is 36.0 Å². The molecule has 1 amide bonds. The number of amides is 1. The molecule has 2 aliphatic heterocycles. The molecule has 1 unspecified atom stereocenters. The van der Waals surface area contributed by atoms with Crippen molar-refractivity contribution in [2.75, 3.05) is 67.6 Å². The second-order valence-corrected chi connectivity index (χ2v) is 14.7. The maximum Gasteiger partial charge on any atom is 0.416 e. The number of carbonyl (C=O) groups is 1. The predicted molar refractivity (Wildman–Crippen MR) is 199 cm³/mol. The maximum atomic E-state index is 14.4. The number of carbonyl (C=O) groups excluding carboxylic acids is 1. The van der Waals surface area contributed by atoms with Gasteiger partial charge in [-0.15, -0.1) is 5.10 Å². The highest BCUT2D eigenvalue weighted by atomic mass is 35.5. The third kappa shape index (κ3) is 8.02. The lowest BCUT2D eigenvalue weighted by Gasteiger charge is -2.37. The van der Waals surface area contributed by atoms with Crippen molar-refractivity contribution < 1.29 is 37.0 Å². The van der Waals surface area contributed by atoms with E-state index in [0.29, 0.717) is 93.0 Å². The van der Waals surface area contributed by atoms with Crippen molar-refractivity contribution in [2.45, 2.75) is 58.7 Å². The van der Waals surface area contributed by atoms with Gasteiger partial charge in [-0.25, -0.2) is 4.79 Å². The Morgan fingerprint density at radius 3 is 2.40 bits per heavy atom. The van der Waals surface area contributed by atoms with Crippen LogP contribution in [-0.2, 0) is 28.6 Å². The predicted octanol–water partition coefficient (Wildman–Crippen LogP) is 5.26. The zero-order valence-electron chi connectivity index (χ0n) is 30.7. The number of oxazole rings is 1. The van der Waals surface area contributed by atoms with E-state index in [9.17, 15) is 27.9 Å². The number of ether oxygens (including phenoxy) is 2. The van der Waals surface area contributed by atoms with Crippen molar-refractivity contribution >= 4 is 52.0 Å². The molecule has 3 aromatic heterocycles. The zero-order valence-corrected chi connectivity index (χ0v) is 31.4. The summed E-state index contributed by atoms with van der Waals surface area (Å²) in [6.45, 7) is 10.6. The quantitative estimate of drug-likeness (QED) is 0.197. The largest absolute Gasteiger partial charge is 0.444 e. The average molecular weight is 788 g/mol. The van der Waals surface area contributed by atoms with E-state index in [0.717, 1.165) is 18.2 Å². The van der Waals surface area contributed by atoms with Gasteiger partial charge in [0, 0.05) is 50.5 Å². The summed E-state index contributed by atoms with van der Waals surface area (Å²) < 4.78 is 59.8. The van der Waals surface area contributed by atoms with Gasteiger partial charge >= 0.3 is 12.3 Å².